The summed E-state index contributed by atoms with van der Waals surface area (Å²) >= 11 is 0. The molecule has 0 fully saturated rings. The van der Waals surface area contributed by atoms with Crippen LogP contribution in [0, 0.1) is 0 Å². The smallest absolute Gasteiger partial charge is 0.0753 e. The maximum atomic E-state index is 6.06. The average molecular weight is 399 g/mol. The van der Waals surface area contributed by atoms with Crippen molar-refractivity contribution in [1.82, 2.24) is 4.98 Å². The molecular formula is C28H21N3. The van der Waals surface area contributed by atoms with Gasteiger partial charge in [0, 0.05) is 23.1 Å². The Bertz CT molecular complexity index is 1390. The van der Waals surface area contributed by atoms with Crippen molar-refractivity contribution in [1.29, 1.82) is 0 Å². The van der Waals surface area contributed by atoms with Gasteiger partial charge in [0.25, 0.3) is 0 Å². The van der Waals surface area contributed by atoms with E-state index >= 15 is 0 Å². The first kappa shape index (κ1) is 17.7. The van der Waals surface area contributed by atoms with Gasteiger partial charge in [-0.3, -0.25) is 4.98 Å². The minimum Gasteiger partial charge on any atom is -0.399 e. The lowest BCUT2D eigenvalue weighted by Gasteiger charge is -2.33. The molecule has 0 saturated carbocycles. The first-order chi connectivity index (χ1) is 15.2. The fourth-order valence-electron chi connectivity index (χ4n) is 5.07. The van der Waals surface area contributed by atoms with Gasteiger partial charge < -0.3 is 11.5 Å². The molecule has 0 atom stereocenters. The molecule has 0 unspecified atom stereocenters. The Labute approximate surface area is 181 Å². The molecule has 0 saturated heterocycles. The van der Waals surface area contributed by atoms with Crippen LogP contribution in [0.2, 0.25) is 0 Å². The van der Waals surface area contributed by atoms with Crippen molar-refractivity contribution in [3.63, 3.8) is 0 Å². The van der Waals surface area contributed by atoms with Gasteiger partial charge in [-0.1, -0.05) is 54.6 Å². The molecule has 5 aromatic rings. The summed E-state index contributed by atoms with van der Waals surface area (Å²) in [6, 6.07) is 33.7. The molecule has 4 aromatic carbocycles. The van der Waals surface area contributed by atoms with Crippen LogP contribution in [0.5, 0.6) is 0 Å². The monoisotopic (exact) mass is 399 g/mol. The van der Waals surface area contributed by atoms with E-state index in [-0.39, 0.29) is 0 Å². The maximum Gasteiger partial charge on any atom is 0.0753 e. The fourth-order valence-corrected chi connectivity index (χ4v) is 5.07. The van der Waals surface area contributed by atoms with E-state index < -0.39 is 5.41 Å². The Kier molecular flexibility index (Phi) is 3.68. The van der Waals surface area contributed by atoms with E-state index in [9.17, 15) is 0 Å². The molecule has 0 radical (unpaired) electrons. The molecule has 6 rings (SSSR count). The lowest BCUT2D eigenvalue weighted by molar-refractivity contribution is 0.768. The van der Waals surface area contributed by atoms with Crippen LogP contribution < -0.4 is 11.5 Å². The van der Waals surface area contributed by atoms with Crippen molar-refractivity contribution in [2.45, 2.75) is 5.41 Å². The summed E-state index contributed by atoms with van der Waals surface area (Å²) in [6.45, 7) is 0. The zero-order valence-electron chi connectivity index (χ0n) is 16.9. The van der Waals surface area contributed by atoms with E-state index in [1.54, 1.807) is 0 Å². The molecule has 4 N–H and O–H groups in total. The molecule has 1 aliphatic rings. The van der Waals surface area contributed by atoms with Crippen molar-refractivity contribution in [2.75, 3.05) is 11.5 Å². The van der Waals surface area contributed by atoms with Crippen molar-refractivity contribution < 1.29 is 0 Å². The molecule has 1 aliphatic carbocycles. The molecule has 1 heterocycles. The fraction of sp³-hybridized carbons (Fsp3) is 0.0357. The molecule has 3 heteroatoms. The second-order valence-electron chi connectivity index (χ2n) is 8.14. The van der Waals surface area contributed by atoms with Crippen LogP contribution in [0.25, 0.3) is 22.0 Å². The summed E-state index contributed by atoms with van der Waals surface area (Å²) in [7, 11) is 0. The first-order valence-corrected chi connectivity index (χ1v) is 10.4. The number of anilines is 2. The van der Waals surface area contributed by atoms with Crippen molar-refractivity contribution in [3.05, 3.63) is 126 Å². The highest BCUT2D eigenvalue weighted by molar-refractivity contribution is 5.94. The number of nitrogens with zero attached hydrogens (tertiary/aromatic N) is 1. The largest absolute Gasteiger partial charge is 0.399 e. The van der Waals surface area contributed by atoms with Gasteiger partial charge in [0.1, 0.15) is 0 Å². The summed E-state index contributed by atoms with van der Waals surface area (Å²) in [6.07, 6.45) is 1.87. The molecule has 148 valence electrons. The van der Waals surface area contributed by atoms with Gasteiger partial charge in [-0.2, -0.15) is 0 Å². The lowest BCUT2D eigenvalue weighted by atomic mass is 9.67. The summed E-state index contributed by atoms with van der Waals surface area (Å²) < 4.78 is 0. The number of hydrogen-bond acceptors (Lipinski definition) is 3. The van der Waals surface area contributed by atoms with E-state index in [0.29, 0.717) is 0 Å². The van der Waals surface area contributed by atoms with Crippen molar-refractivity contribution in [2.24, 2.45) is 0 Å². The molecule has 3 nitrogen and oxygen atoms in total. The molecule has 0 spiro atoms. The number of nitrogen functional groups attached to an aromatic ring is 2. The Morgan fingerprint density at radius 2 is 1.16 bits per heavy atom. The van der Waals surface area contributed by atoms with Gasteiger partial charge in [-0.05, 0) is 75.5 Å². The lowest BCUT2D eigenvalue weighted by Crippen LogP contribution is -2.28. The SMILES string of the molecule is Nc1ccc(C2(c3ccc(N)cc3)c3cc4ccccc4cc3-c3ncccc32)cc1. The topological polar surface area (TPSA) is 64.9 Å². The van der Waals surface area contributed by atoms with E-state index in [1.807, 2.05) is 36.5 Å². The number of pyridine rings is 1. The number of hydrogen-bond donors (Lipinski definition) is 2. The quantitative estimate of drug-likeness (QED) is 0.364. The van der Waals surface area contributed by atoms with Crippen LogP contribution in [0.3, 0.4) is 0 Å². The van der Waals surface area contributed by atoms with Gasteiger partial charge in [-0.25, -0.2) is 0 Å². The Hall–Kier alpha value is -4.11. The van der Waals surface area contributed by atoms with E-state index in [1.165, 1.54) is 27.5 Å². The molecule has 31 heavy (non-hydrogen) atoms. The standard InChI is InChI=1S/C28H21N3/c29-22-11-7-20(8-12-22)28(21-9-13-23(30)14-10-21)25-6-3-15-31-27(25)24-16-18-4-1-2-5-19(18)17-26(24)28/h1-17H,29-30H2. The second-order valence-corrected chi connectivity index (χ2v) is 8.14. The van der Waals surface area contributed by atoms with E-state index in [2.05, 4.69) is 66.7 Å². The first-order valence-electron chi connectivity index (χ1n) is 10.4. The number of benzene rings is 4. The highest BCUT2D eigenvalue weighted by Gasteiger charge is 2.46. The van der Waals surface area contributed by atoms with Gasteiger partial charge in [0.15, 0.2) is 0 Å². The third-order valence-electron chi connectivity index (χ3n) is 6.44. The van der Waals surface area contributed by atoms with Gasteiger partial charge in [-0.15, -0.1) is 0 Å². The van der Waals surface area contributed by atoms with Crippen LogP contribution in [0.15, 0.2) is 103 Å². The number of nitrogens with two attached hydrogens (primary N) is 2. The Morgan fingerprint density at radius 1 is 0.581 bits per heavy atom. The van der Waals surface area contributed by atoms with Gasteiger partial charge in [0.2, 0.25) is 0 Å². The predicted octanol–water partition coefficient (Wildman–Crippen LogP) is 5.76. The predicted molar refractivity (Wildman–Crippen MR) is 128 cm³/mol. The maximum absolute atomic E-state index is 6.06. The highest BCUT2D eigenvalue weighted by atomic mass is 14.7. The van der Waals surface area contributed by atoms with Gasteiger partial charge >= 0.3 is 0 Å². The van der Waals surface area contributed by atoms with Crippen LogP contribution in [-0.2, 0) is 5.41 Å². The summed E-state index contributed by atoms with van der Waals surface area (Å²) in [5.74, 6) is 0. The Morgan fingerprint density at radius 3 is 1.77 bits per heavy atom. The van der Waals surface area contributed by atoms with Crippen LogP contribution in [-0.4, -0.2) is 4.98 Å². The van der Waals surface area contributed by atoms with Gasteiger partial charge in [0.05, 0.1) is 11.1 Å². The highest BCUT2D eigenvalue weighted by Crippen LogP contribution is 2.56. The molecule has 0 bridgehead atoms. The molecule has 0 aliphatic heterocycles. The van der Waals surface area contributed by atoms with Crippen LogP contribution in [0.1, 0.15) is 22.3 Å². The van der Waals surface area contributed by atoms with E-state index in [4.69, 9.17) is 16.5 Å². The second kappa shape index (κ2) is 6.44. The summed E-state index contributed by atoms with van der Waals surface area (Å²) in [5, 5.41) is 2.42. The minimum absolute atomic E-state index is 0.496. The average Bonchev–Trinajstić information content (AvgIpc) is 3.09. The van der Waals surface area contributed by atoms with Crippen molar-refractivity contribution in [3.8, 4) is 11.3 Å². The minimum atomic E-state index is -0.496. The van der Waals surface area contributed by atoms with Crippen molar-refractivity contribution >= 4 is 22.1 Å². The number of fused-ring (bicyclic) bond motifs is 4. The molecule has 0 amide bonds. The summed E-state index contributed by atoms with van der Waals surface area (Å²) in [5.41, 5.74) is 20.1. The third-order valence-corrected chi connectivity index (χ3v) is 6.44. The third kappa shape index (κ3) is 2.44. The zero-order valence-corrected chi connectivity index (χ0v) is 16.9. The number of aromatic nitrogens is 1. The zero-order chi connectivity index (χ0) is 21.0. The summed E-state index contributed by atoms with van der Waals surface area (Å²) in [4.78, 5) is 4.84. The molecular weight excluding hydrogens is 378 g/mol. The number of rotatable bonds is 2. The van der Waals surface area contributed by atoms with E-state index in [0.717, 1.165) is 28.2 Å². The molecule has 1 aromatic heterocycles. The van der Waals surface area contributed by atoms with Crippen LogP contribution >= 0.6 is 0 Å². The Balaban J connectivity index is 1.80. The normalized spacial score (nSPS) is 13.7. The van der Waals surface area contributed by atoms with Crippen LogP contribution in [0.4, 0.5) is 11.4 Å².